The summed E-state index contributed by atoms with van der Waals surface area (Å²) in [5.41, 5.74) is 2.18. The van der Waals surface area contributed by atoms with Crippen molar-refractivity contribution in [3.05, 3.63) is 42.0 Å². The Balaban J connectivity index is 1.27. The quantitative estimate of drug-likeness (QED) is 0.382. The minimum absolute atomic E-state index is 0.0804. The number of aryl methyl sites for hydroxylation is 1. The van der Waals surface area contributed by atoms with E-state index in [0.717, 1.165) is 29.9 Å². The fourth-order valence-electron chi connectivity index (χ4n) is 4.13. The SMILES string of the molecule is CN1CCN(C(=O)CNC(=O)c2ccc3c(c2)nc(Nc2nc4ccc(OC(F)(F)F)cc4s2)n3C)CC1. The molecule has 0 spiro atoms. The molecule has 2 aromatic heterocycles. The van der Waals surface area contributed by atoms with Crippen molar-refractivity contribution in [2.24, 2.45) is 7.05 Å². The molecule has 5 rings (SSSR count). The lowest BCUT2D eigenvalue weighted by Crippen LogP contribution is -2.50. The highest BCUT2D eigenvalue weighted by Gasteiger charge is 2.31. The van der Waals surface area contributed by atoms with Crippen molar-refractivity contribution in [1.82, 2.24) is 29.7 Å². The molecule has 200 valence electrons. The van der Waals surface area contributed by atoms with Gasteiger partial charge in [0.25, 0.3) is 5.91 Å². The van der Waals surface area contributed by atoms with E-state index in [1.807, 2.05) is 7.05 Å². The zero-order valence-electron chi connectivity index (χ0n) is 20.5. The molecule has 0 atom stereocenters. The van der Waals surface area contributed by atoms with Gasteiger partial charge >= 0.3 is 6.36 Å². The number of ether oxygens (including phenoxy) is 1. The Morgan fingerprint density at radius 2 is 1.79 bits per heavy atom. The molecule has 3 heterocycles. The van der Waals surface area contributed by atoms with E-state index in [4.69, 9.17) is 0 Å². The van der Waals surface area contributed by atoms with Gasteiger partial charge in [-0.25, -0.2) is 9.97 Å². The molecule has 0 bridgehead atoms. The molecule has 0 saturated carbocycles. The van der Waals surface area contributed by atoms with Crippen LogP contribution in [0.1, 0.15) is 10.4 Å². The predicted molar refractivity (Wildman–Crippen MR) is 137 cm³/mol. The van der Waals surface area contributed by atoms with Crippen molar-refractivity contribution in [3.63, 3.8) is 0 Å². The number of anilines is 2. The second-order valence-electron chi connectivity index (χ2n) is 8.89. The zero-order chi connectivity index (χ0) is 27.0. The van der Waals surface area contributed by atoms with E-state index >= 15 is 0 Å². The number of rotatable bonds is 6. The number of likely N-dealkylation sites (N-methyl/N-ethyl adjacent to an activating group) is 1. The molecule has 2 N–H and O–H groups in total. The fraction of sp³-hybridized carbons (Fsp3) is 0.333. The maximum absolute atomic E-state index is 12.7. The van der Waals surface area contributed by atoms with E-state index in [2.05, 4.69) is 30.2 Å². The number of hydrogen-bond acceptors (Lipinski definition) is 8. The van der Waals surface area contributed by atoms with E-state index < -0.39 is 6.36 Å². The number of carbonyl (C=O) groups is 2. The van der Waals surface area contributed by atoms with Crippen LogP contribution in [0.4, 0.5) is 24.3 Å². The minimum atomic E-state index is -4.78. The average molecular weight is 548 g/mol. The number of imidazole rings is 1. The monoisotopic (exact) mass is 547 g/mol. The lowest BCUT2D eigenvalue weighted by molar-refractivity contribution is -0.274. The summed E-state index contributed by atoms with van der Waals surface area (Å²) in [6.07, 6.45) is -4.78. The summed E-state index contributed by atoms with van der Waals surface area (Å²) in [5.74, 6) is -0.380. The molecule has 1 fully saturated rings. The van der Waals surface area contributed by atoms with Crippen LogP contribution in [0.15, 0.2) is 36.4 Å². The Morgan fingerprint density at radius 3 is 2.53 bits per heavy atom. The van der Waals surface area contributed by atoms with Crippen molar-refractivity contribution < 1.29 is 27.5 Å². The van der Waals surface area contributed by atoms with Gasteiger partial charge in [-0.05, 0) is 37.4 Å². The minimum Gasteiger partial charge on any atom is -0.406 e. The van der Waals surface area contributed by atoms with Crippen molar-refractivity contribution in [1.29, 1.82) is 0 Å². The van der Waals surface area contributed by atoms with Gasteiger partial charge in [-0.15, -0.1) is 13.2 Å². The molecule has 4 aromatic rings. The van der Waals surface area contributed by atoms with Gasteiger partial charge in [0.2, 0.25) is 11.9 Å². The first-order valence-electron chi connectivity index (χ1n) is 11.7. The second kappa shape index (κ2) is 10.1. The van der Waals surface area contributed by atoms with Crippen LogP contribution < -0.4 is 15.4 Å². The third-order valence-electron chi connectivity index (χ3n) is 6.21. The zero-order valence-corrected chi connectivity index (χ0v) is 21.3. The molecule has 1 saturated heterocycles. The Bertz CT molecular complexity index is 1510. The highest BCUT2D eigenvalue weighted by atomic mass is 32.1. The Labute approximate surface area is 219 Å². The number of nitrogens with zero attached hydrogens (tertiary/aromatic N) is 5. The van der Waals surface area contributed by atoms with Crippen LogP contribution in [0.2, 0.25) is 0 Å². The standard InChI is InChI=1S/C24H24F3N7O3S/c1-32-7-9-34(10-8-32)20(35)13-28-21(36)14-3-6-18-17(11-14)29-22(33(18)2)31-23-30-16-5-4-15(12-19(16)38-23)37-24(25,26)27/h3-6,11-12H,7-10,13H2,1-2H3,(H,28,36)(H,29,30,31). The number of halogens is 3. The Kier molecular flexibility index (Phi) is 6.84. The number of piperazine rings is 1. The molecule has 10 nitrogen and oxygen atoms in total. The number of carbonyl (C=O) groups excluding carboxylic acids is 2. The molecule has 0 radical (unpaired) electrons. The molecular weight excluding hydrogens is 523 g/mol. The lowest BCUT2D eigenvalue weighted by Gasteiger charge is -2.32. The second-order valence-corrected chi connectivity index (χ2v) is 9.92. The number of fused-ring (bicyclic) bond motifs is 2. The van der Waals surface area contributed by atoms with Gasteiger partial charge < -0.3 is 29.7 Å². The molecular formula is C24H24F3N7O3S. The first kappa shape index (κ1) is 25.7. The van der Waals surface area contributed by atoms with E-state index in [1.54, 1.807) is 34.7 Å². The number of alkyl halides is 3. The first-order chi connectivity index (χ1) is 18.1. The van der Waals surface area contributed by atoms with Gasteiger partial charge in [0.05, 0.1) is 27.8 Å². The third kappa shape index (κ3) is 5.65. The number of benzene rings is 2. The van der Waals surface area contributed by atoms with Crippen molar-refractivity contribution in [2.75, 3.05) is 45.1 Å². The maximum Gasteiger partial charge on any atom is 0.573 e. The normalized spacial score (nSPS) is 14.7. The van der Waals surface area contributed by atoms with Crippen LogP contribution in [-0.4, -0.2) is 82.3 Å². The van der Waals surface area contributed by atoms with E-state index in [9.17, 15) is 22.8 Å². The molecule has 1 aliphatic rings. The number of nitrogens with one attached hydrogen (secondary N) is 2. The highest BCUT2D eigenvalue weighted by molar-refractivity contribution is 7.22. The number of thiazole rings is 1. The van der Waals surface area contributed by atoms with Crippen LogP contribution in [0.25, 0.3) is 21.3 Å². The van der Waals surface area contributed by atoms with Crippen LogP contribution >= 0.6 is 11.3 Å². The van der Waals surface area contributed by atoms with Gasteiger partial charge in [0.15, 0.2) is 5.13 Å². The predicted octanol–water partition coefficient (Wildman–Crippen LogP) is 3.33. The van der Waals surface area contributed by atoms with E-state index in [0.29, 0.717) is 45.5 Å². The van der Waals surface area contributed by atoms with Crippen LogP contribution in [-0.2, 0) is 11.8 Å². The van der Waals surface area contributed by atoms with E-state index in [-0.39, 0.29) is 24.1 Å². The van der Waals surface area contributed by atoms with Crippen LogP contribution in [0.5, 0.6) is 5.75 Å². The van der Waals surface area contributed by atoms with Gasteiger partial charge in [0, 0.05) is 44.9 Å². The van der Waals surface area contributed by atoms with Gasteiger partial charge in [-0.3, -0.25) is 9.59 Å². The Morgan fingerprint density at radius 1 is 1.03 bits per heavy atom. The lowest BCUT2D eigenvalue weighted by atomic mass is 10.2. The summed E-state index contributed by atoms with van der Waals surface area (Å²) >= 11 is 1.15. The molecule has 14 heteroatoms. The third-order valence-corrected chi connectivity index (χ3v) is 7.14. The molecule has 2 aromatic carbocycles. The smallest absolute Gasteiger partial charge is 0.406 e. The largest absolute Gasteiger partial charge is 0.573 e. The summed E-state index contributed by atoms with van der Waals surface area (Å²) < 4.78 is 43.8. The first-order valence-corrected chi connectivity index (χ1v) is 12.5. The topological polar surface area (TPSA) is 105 Å². The van der Waals surface area contributed by atoms with Gasteiger partial charge in [0.1, 0.15) is 5.75 Å². The van der Waals surface area contributed by atoms with Crippen molar-refractivity contribution >= 4 is 55.5 Å². The molecule has 0 aliphatic carbocycles. The molecule has 2 amide bonds. The Hall–Kier alpha value is -3.91. The van der Waals surface area contributed by atoms with Crippen LogP contribution in [0, 0.1) is 0 Å². The van der Waals surface area contributed by atoms with Crippen molar-refractivity contribution in [2.45, 2.75) is 6.36 Å². The van der Waals surface area contributed by atoms with E-state index in [1.165, 1.54) is 18.2 Å². The average Bonchev–Trinajstić information content (AvgIpc) is 3.41. The molecule has 38 heavy (non-hydrogen) atoms. The highest BCUT2D eigenvalue weighted by Crippen LogP contribution is 2.33. The summed E-state index contributed by atoms with van der Waals surface area (Å²) in [7, 11) is 3.79. The number of hydrogen-bond donors (Lipinski definition) is 2. The summed E-state index contributed by atoms with van der Waals surface area (Å²) in [6, 6.07) is 8.98. The number of amides is 2. The molecule has 0 unspecified atom stereocenters. The maximum atomic E-state index is 12.7. The fourth-order valence-corrected chi connectivity index (χ4v) is 5.02. The number of aromatic nitrogens is 3. The summed E-state index contributed by atoms with van der Waals surface area (Å²) in [5, 5.41) is 6.21. The van der Waals surface area contributed by atoms with Gasteiger partial charge in [-0.1, -0.05) is 11.3 Å². The molecule has 1 aliphatic heterocycles. The summed E-state index contributed by atoms with van der Waals surface area (Å²) in [4.78, 5) is 38.0. The van der Waals surface area contributed by atoms with Gasteiger partial charge in [-0.2, -0.15) is 0 Å². The summed E-state index contributed by atoms with van der Waals surface area (Å²) in [6.45, 7) is 2.80. The van der Waals surface area contributed by atoms with Crippen molar-refractivity contribution in [3.8, 4) is 5.75 Å². The van der Waals surface area contributed by atoms with Crippen LogP contribution in [0.3, 0.4) is 0 Å².